The summed E-state index contributed by atoms with van der Waals surface area (Å²) in [5.41, 5.74) is 2.48. The number of likely N-dealkylation sites (tertiary alicyclic amines) is 1. The van der Waals surface area contributed by atoms with Crippen molar-refractivity contribution in [2.24, 2.45) is 0 Å². The van der Waals surface area contributed by atoms with Crippen LogP contribution < -0.4 is 4.90 Å². The van der Waals surface area contributed by atoms with Crippen molar-refractivity contribution in [1.82, 2.24) is 14.3 Å². The van der Waals surface area contributed by atoms with Crippen molar-refractivity contribution >= 4 is 24.0 Å². The van der Waals surface area contributed by atoms with Gasteiger partial charge < -0.3 is 14.5 Å². The predicted octanol–water partition coefficient (Wildman–Crippen LogP) is 3.60. The predicted molar refractivity (Wildman–Crippen MR) is 109 cm³/mol. The van der Waals surface area contributed by atoms with Gasteiger partial charge in [0.25, 0.3) is 0 Å². The van der Waals surface area contributed by atoms with Crippen molar-refractivity contribution in [2.45, 2.75) is 58.5 Å². The molecule has 0 saturated carbocycles. The average molecular weight is 386 g/mol. The first-order valence-electron chi connectivity index (χ1n) is 9.90. The van der Waals surface area contributed by atoms with Gasteiger partial charge in [-0.25, -0.2) is 9.78 Å². The number of hydrogen-bond acceptors (Lipinski definition) is 4. The lowest BCUT2D eigenvalue weighted by Gasteiger charge is -2.33. The smallest absolute Gasteiger partial charge is 0.410 e. The lowest BCUT2D eigenvalue weighted by molar-refractivity contribution is -0.107. The topological polar surface area (TPSA) is 67.2 Å². The number of hydrogen-bond donors (Lipinski definition) is 0. The van der Waals surface area contributed by atoms with E-state index in [0.29, 0.717) is 19.0 Å². The number of carbonyl (C=O) groups is 2. The van der Waals surface area contributed by atoms with Crippen LogP contribution in [0.2, 0.25) is 0 Å². The van der Waals surface area contributed by atoms with Gasteiger partial charge in [0, 0.05) is 26.3 Å². The van der Waals surface area contributed by atoms with Crippen LogP contribution in [0.5, 0.6) is 0 Å². The zero-order valence-corrected chi connectivity index (χ0v) is 17.4. The maximum atomic E-state index is 12.3. The van der Waals surface area contributed by atoms with Crippen LogP contribution in [0.3, 0.4) is 0 Å². The SMILES string of the molecule is CCc1nc2ccc(C3CCN(C(=O)OC(C)(C)C)CC3)cn2c1N(C)C=O. The highest BCUT2D eigenvalue weighted by Crippen LogP contribution is 2.31. The maximum absolute atomic E-state index is 12.3. The zero-order chi connectivity index (χ0) is 20.5. The number of fused-ring (bicyclic) bond motifs is 1. The Kier molecular flexibility index (Phi) is 5.63. The number of aryl methyl sites for hydroxylation is 1. The largest absolute Gasteiger partial charge is 0.444 e. The van der Waals surface area contributed by atoms with Crippen LogP contribution in [0.1, 0.15) is 57.7 Å². The Balaban J connectivity index is 1.78. The zero-order valence-electron chi connectivity index (χ0n) is 17.4. The number of piperidine rings is 1. The van der Waals surface area contributed by atoms with Crippen LogP contribution in [0.25, 0.3) is 5.65 Å². The molecule has 1 aliphatic heterocycles. The fraction of sp³-hybridized carbons (Fsp3) is 0.571. The molecule has 3 heterocycles. The minimum atomic E-state index is -0.474. The fourth-order valence-corrected chi connectivity index (χ4v) is 3.72. The van der Waals surface area contributed by atoms with Crippen molar-refractivity contribution in [3.8, 4) is 0 Å². The van der Waals surface area contributed by atoms with Crippen molar-refractivity contribution in [3.05, 3.63) is 29.6 Å². The first-order valence-corrected chi connectivity index (χ1v) is 9.90. The Morgan fingerprint density at radius 3 is 2.57 bits per heavy atom. The first-order chi connectivity index (χ1) is 13.2. The summed E-state index contributed by atoms with van der Waals surface area (Å²) in [6.07, 6.45) is 5.20. The molecule has 1 aliphatic rings. The summed E-state index contributed by atoms with van der Waals surface area (Å²) in [7, 11) is 1.75. The molecule has 152 valence electrons. The first kappa shape index (κ1) is 20.2. The van der Waals surface area contributed by atoms with Crippen LogP contribution in [0.4, 0.5) is 10.6 Å². The lowest BCUT2D eigenvalue weighted by atomic mass is 9.90. The second-order valence-corrected chi connectivity index (χ2v) is 8.38. The van der Waals surface area contributed by atoms with Crippen LogP contribution in [0.15, 0.2) is 18.3 Å². The molecule has 2 aromatic rings. The Morgan fingerprint density at radius 2 is 2.00 bits per heavy atom. The third-order valence-corrected chi connectivity index (χ3v) is 5.13. The third kappa shape index (κ3) is 4.13. The Bertz CT molecular complexity index is 860. The molecule has 28 heavy (non-hydrogen) atoms. The average Bonchev–Trinajstić information content (AvgIpc) is 3.04. The molecule has 0 bridgehead atoms. The molecule has 0 unspecified atom stereocenters. The van der Waals surface area contributed by atoms with E-state index in [1.165, 1.54) is 5.56 Å². The van der Waals surface area contributed by atoms with Gasteiger partial charge in [-0.3, -0.25) is 9.20 Å². The van der Waals surface area contributed by atoms with Gasteiger partial charge in [-0.2, -0.15) is 0 Å². The van der Waals surface area contributed by atoms with Crippen LogP contribution >= 0.6 is 0 Å². The van der Waals surface area contributed by atoms with Gasteiger partial charge in [0.2, 0.25) is 6.41 Å². The number of carbonyl (C=O) groups excluding carboxylic acids is 2. The highest BCUT2D eigenvalue weighted by molar-refractivity contribution is 5.75. The molecular weight excluding hydrogens is 356 g/mol. The number of nitrogens with zero attached hydrogens (tertiary/aromatic N) is 4. The number of aromatic nitrogens is 2. The van der Waals surface area contributed by atoms with E-state index in [1.807, 2.05) is 38.2 Å². The van der Waals surface area contributed by atoms with Gasteiger partial charge in [0.1, 0.15) is 17.1 Å². The summed E-state index contributed by atoms with van der Waals surface area (Å²) in [5.74, 6) is 1.19. The number of rotatable bonds is 4. The number of ether oxygens (including phenoxy) is 1. The molecule has 7 nitrogen and oxygen atoms in total. The summed E-state index contributed by atoms with van der Waals surface area (Å²) in [6.45, 7) is 9.06. The number of imidazole rings is 1. The number of pyridine rings is 1. The minimum Gasteiger partial charge on any atom is -0.444 e. The Hall–Kier alpha value is -2.57. The van der Waals surface area contributed by atoms with E-state index in [2.05, 4.69) is 17.2 Å². The summed E-state index contributed by atoms with van der Waals surface area (Å²) < 4.78 is 7.48. The molecule has 0 atom stereocenters. The second-order valence-electron chi connectivity index (χ2n) is 8.38. The summed E-state index contributed by atoms with van der Waals surface area (Å²) in [5, 5.41) is 0. The van der Waals surface area contributed by atoms with E-state index in [4.69, 9.17) is 4.74 Å². The Labute approximate surface area is 166 Å². The summed E-state index contributed by atoms with van der Waals surface area (Å²) in [4.78, 5) is 31.6. The van der Waals surface area contributed by atoms with E-state index >= 15 is 0 Å². The van der Waals surface area contributed by atoms with Crippen molar-refractivity contribution in [1.29, 1.82) is 0 Å². The Morgan fingerprint density at radius 1 is 1.32 bits per heavy atom. The van der Waals surface area contributed by atoms with E-state index in [0.717, 1.165) is 42.8 Å². The van der Waals surface area contributed by atoms with Gasteiger partial charge in [0.05, 0.1) is 5.69 Å². The molecule has 1 fully saturated rings. The monoisotopic (exact) mass is 386 g/mol. The molecule has 0 spiro atoms. The summed E-state index contributed by atoms with van der Waals surface area (Å²) >= 11 is 0. The van der Waals surface area contributed by atoms with Crippen molar-refractivity contribution in [2.75, 3.05) is 25.0 Å². The van der Waals surface area contributed by atoms with Gasteiger partial charge in [-0.05, 0) is 57.6 Å². The van der Waals surface area contributed by atoms with Crippen molar-refractivity contribution in [3.63, 3.8) is 0 Å². The fourth-order valence-electron chi connectivity index (χ4n) is 3.72. The van der Waals surface area contributed by atoms with Gasteiger partial charge in [-0.1, -0.05) is 13.0 Å². The van der Waals surface area contributed by atoms with E-state index in [1.54, 1.807) is 16.8 Å². The van der Waals surface area contributed by atoms with E-state index in [9.17, 15) is 9.59 Å². The van der Waals surface area contributed by atoms with Crippen LogP contribution in [0, 0.1) is 0 Å². The normalized spacial score (nSPS) is 15.7. The molecule has 0 N–H and O–H groups in total. The molecule has 2 amide bonds. The number of anilines is 1. The van der Waals surface area contributed by atoms with Gasteiger partial charge >= 0.3 is 6.09 Å². The molecule has 3 rings (SSSR count). The molecular formula is C21H30N4O3. The maximum Gasteiger partial charge on any atom is 0.410 e. The quantitative estimate of drug-likeness (QED) is 0.753. The molecule has 0 aromatic carbocycles. The molecule has 7 heteroatoms. The minimum absolute atomic E-state index is 0.238. The van der Waals surface area contributed by atoms with E-state index in [-0.39, 0.29) is 6.09 Å². The molecule has 1 saturated heterocycles. The second kappa shape index (κ2) is 7.81. The highest BCUT2D eigenvalue weighted by atomic mass is 16.6. The van der Waals surface area contributed by atoms with Gasteiger partial charge in [0.15, 0.2) is 0 Å². The van der Waals surface area contributed by atoms with Crippen LogP contribution in [-0.4, -0.2) is 52.5 Å². The third-order valence-electron chi connectivity index (χ3n) is 5.13. The summed E-state index contributed by atoms with van der Waals surface area (Å²) in [6, 6.07) is 4.12. The van der Waals surface area contributed by atoms with Crippen molar-refractivity contribution < 1.29 is 14.3 Å². The molecule has 0 aliphatic carbocycles. The highest BCUT2D eigenvalue weighted by Gasteiger charge is 2.28. The number of amides is 2. The molecule has 2 aromatic heterocycles. The van der Waals surface area contributed by atoms with Crippen LogP contribution in [-0.2, 0) is 16.0 Å². The van der Waals surface area contributed by atoms with E-state index < -0.39 is 5.60 Å². The molecule has 0 radical (unpaired) electrons. The standard InChI is InChI=1S/C21H30N4O3/c1-6-17-19(23(5)14-26)25-13-16(7-8-18(25)22-17)15-9-11-24(12-10-15)20(27)28-21(2,3)4/h7-8,13-15H,6,9-12H2,1-5H3. The lowest BCUT2D eigenvalue weighted by Crippen LogP contribution is -2.41. The van der Waals surface area contributed by atoms with Gasteiger partial charge in [-0.15, -0.1) is 0 Å².